The molecule has 134 valence electrons. The zero-order chi connectivity index (χ0) is 18.6. The van der Waals surface area contributed by atoms with Crippen LogP contribution in [0.1, 0.15) is 16.7 Å². The van der Waals surface area contributed by atoms with Crippen molar-refractivity contribution in [2.75, 3.05) is 10.3 Å². The molecule has 0 atom stereocenters. The Morgan fingerprint density at radius 3 is 2.15 bits per heavy atom. The minimum atomic E-state index is -0.423. The zero-order valence-corrected chi connectivity index (χ0v) is 14.6. The van der Waals surface area contributed by atoms with Gasteiger partial charge >= 0.3 is 0 Å². The van der Waals surface area contributed by atoms with Crippen molar-refractivity contribution in [2.45, 2.75) is 13.1 Å². The van der Waals surface area contributed by atoms with Crippen LogP contribution in [-0.2, 0) is 13.1 Å². The van der Waals surface area contributed by atoms with Crippen molar-refractivity contribution in [3.63, 3.8) is 0 Å². The molecule has 1 aliphatic heterocycles. The number of nitro benzene ring substituents is 1. The summed E-state index contributed by atoms with van der Waals surface area (Å²) in [6.45, 7) is 1.87. The standard InChI is InChI=1S/C21H18N4O2/c26-25(27)21-11-7-19(8-12-21)23-22-13-16-5-9-20(10-6-16)24-14-17-3-1-2-4-18(17)15-24/h1-13,23H,14-15H2. The molecule has 6 nitrogen and oxygen atoms in total. The molecule has 0 radical (unpaired) electrons. The third-order valence-electron chi connectivity index (χ3n) is 4.58. The normalized spacial score (nSPS) is 13.0. The van der Waals surface area contributed by atoms with E-state index in [2.05, 4.69) is 51.8 Å². The molecular weight excluding hydrogens is 340 g/mol. The second-order valence-electron chi connectivity index (χ2n) is 6.39. The molecule has 27 heavy (non-hydrogen) atoms. The maximum Gasteiger partial charge on any atom is 0.269 e. The van der Waals surface area contributed by atoms with Crippen LogP contribution in [0.25, 0.3) is 0 Å². The Morgan fingerprint density at radius 2 is 1.56 bits per heavy atom. The van der Waals surface area contributed by atoms with E-state index in [0.717, 1.165) is 18.7 Å². The van der Waals surface area contributed by atoms with E-state index < -0.39 is 4.92 Å². The molecule has 6 heteroatoms. The molecule has 1 N–H and O–H groups in total. The minimum absolute atomic E-state index is 0.0594. The summed E-state index contributed by atoms with van der Waals surface area (Å²) in [5, 5.41) is 14.8. The fourth-order valence-corrected chi connectivity index (χ4v) is 3.13. The van der Waals surface area contributed by atoms with Crippen LogP contribution in [0.3, 0.4) is 0 Å². The summed E-state index contributed by atoms with van der Waals surface area (Å²) >= 11 is 0. The molecule has 0 saturated heterocycles. The van der Waals surface area contributed by atoms with E-state index in [-0.39, 0.29) is 5.69 Å². The van der Waals surface area contributed by atoms with E-state index in [1.165, 1.54) is 28.9 Å². The number of fused-ring (bicyclic) bond motifs is 1. The van der Waals surface area contributed by atoms with Crippen molar-refractivity contribution in [3.05, 3.63) is 99.6 Å². The monoisotopic (exact) mass is 358 g/mol. The Morgan fingerprint density at radius 1 is 0.926 bits per heavy atom. The third-order valence-corrected chi connectivity index (χ3v) is 4.58. The molecule has 4 rings (SSSR count). The lowest BCUT2D eigenvalue weighted by Gasteiger charge is -2.17. The van der Waals surface area contributed by atoms with E-state index >= 15 is 0 Å². The fourth-order valence-electron chi connectivity index (χ4n) is 3.13. The molecule has 1 heterocycles. The highest BCUT2D eigenvalue weighted by atomic mass is 16.6. The largest absolute Gasteiger partial charge is 0.363 e. The smallest absolute Gasteiger partial charge is 0.269 e. The highest BCUT2D eigenvalue weighted by molar-refractivity contribution is 5.81. The number of nitrogens with one attached hydrogen (secondary N) is 1. The van der Waals surface area contributed by atoms with Crippen molar-refractivity contribution in [3.8, 4) is 0 Å². The van der Waals surface area contributed by atoms with Crippen LogP contribution >= 0.6 is 0 Å². The summed E-state index contributed by atoms with van der Waals surface area (Å²) in [7, 11) is 0. The lowest BCUT2D eigenvalue weighted by atomic mass is 10.1. The van der Waals surface area contributed by atoms with Gasteiger partial charge < -0.3 is 4.90 Å². The molecule has 3 aromatic carbocycles. The molecule has 0 unspecified atom stereocenters. The summed E-state index contributed by atoms with van der Waals surface area (Å²) in [6, 6.07) is 22.9. The lowest BCUT2D eigenvalue weighted by molar-refractivity contribution is -0.384. The van der Waals surface area contributed by atoms with Crippen LogP contribution in [0.5, 0.6) is 0 Å². The minimum Gasteiger partial charge on any atom is -0.363 e. The second kappa shape index (κ2) is 7.29. The predicted molar refractivity (Wildman–Crippen MR) is 107 cm³/mol. The quantitative estimate of drug-likeness (QED) is 0.412. The third kappa shape index (κ3) is 3.79. The second-order valence-corrected chi connectivity index (χ2v) is 6.39. The number of nitro groups is 1. The molecule has 0 spiro atoms. The van der Waals surface area contributed by atoms with Gasteiger partial charge in [0.1, 0.15) is 0 Å². The van der Waals surface area contributed by atoms with Gasteiger partial charge in [0.2, 0.25) is 0 Å². The molecular formula is C21H18N4O2. The van der Waals surface area contributed by atoms with E-state index in [4.69, 9.17) is 0 Å². The van der Waals surface area contributed by atoms with Crippen LogP contribution in [0.4, 0.5) is 17.1 Å². The van der Waals surface area contributed by atoms with Gasteiger partial charge in [-0.15, -0.1) is 0 Å². The average molecular weight is 358 g/mol. The van der Waals surface area contributed by atoms with Gasteiger partial charge in [-0.2, -0.15) is 5.10 Å². The highest BCUT2D eigenvalue weighted by Gasteiger charge is 2.18. The first-order valence-electron chi connectivity index (χ1n) is 8.64. The number of hydrazone groups is 1. The van der Waals surface area contributed by atoms with Gasteiger partial charge in [0.15, 0.2) is 0 Å². The predicted octanol–water partition coefficient (Wildman–Crippen LogP) is 4.56. The summed E-state index contributed by atoms with van der Waals surface area (Å²) in [5.74, 6) is 0. The fraction of sp³-hybridized carbons (Fsp3) is 0.0952. The van der Waals surface area contributed by atoms with Gasteiger partial charge in [-0.05, 0) is 41.0 Å². The summed E-state index contributed by atoms with van der Waals surface area (Å²) in [4.78, 5) is 12.6. The van der Waals surface area contributed by atoms with Crippen molar-refractivity contribution in [2.24, 2.45) is 5.10 Å². The molecule has 0 bridgehead atoms. The van der Waals surface area contributed by atoms with Gasteiger partial charge in [0, 0.05) is 30.9 Å². The van der Waals surface area contributed by atoms with E-state index in [1.54, 1.807) is 18.3 Å². The topological polar surface area (TPSA) is 70.8 Å². The Hall–Kier alpha value is -3.67. The van der Waals surface area contributed by atoms with Crippen LogP contribution in [0.2, 0.25) is 0 Å². The Bertz CT molecular complexity index is 957. The number of benzene rings is 3. The molecule has 1 aliphatic rings. The van der Waals surface area contributed by atoms with Crippen LogP contribution < -0.4 is 10.3 Å². The number of non-ortho nitro benzene ring substituents is 1. The zero-order valence-electron chi connectivity index (χ0n) is 14.6. The number of hydrogen-bond donors (Lipinski definition) is 1. The van der Waals surface area contributed by atoms with Crippen molar-refractivity contribution in [1.82, 2.24) is 0 Å². The van der Waals surface area contributed by atoms with Gasteiger partial charge in [0.05, 0.1) is 16.8 Å². The van der Waals surface area contributed by atoms with E-state index in [1.807, 2.05) is 12.1 Å². The van der Waals surface area contributed by atoms with Crippen molar-refractivity contribution in [1.29, 1.82) is 0 Å². The van der Waals surface area contributed by atoms with Gasteiger partial charge in [-0.3, -0.25) is 15.5 Å². The van der Waals surface area contributed by atoms with Crippen molar-refractivity contribution >= 4 is 23.3 Å². The highest BCUT2D eigenvalue weighted by Crippen LogP contribution is 2.28. The molecule has 3 aromatic rings. The summed E-state index contributed by atoms with van der Waals surface area (Å²) in [5.41, 5.74) is 8.57. The van der Waals surface area contributed by atoms with Gasteiger partial charge in [0.25, 0.3) is 5.69 Å². The molecule has 0 aliphatic carbocycles. The first-order chi connectivity index (χ1) is 13.2. The van der Waals surface area contributed by atoms with E-state index in [9.17, 15) is 10.1 Å². The first-order valence-corrected chi connectivity index (χ1v) is 8.64. The summed E-state index contributed by atoms with van der Waals surface area (Å²) < 4.78 is 0. The number of nitrogens with zero attached hydrogens (tertiary/aromatic N) is 3. The Labute approximate surface area is 156 Å². The maximum absolute atomic E-state index is 10.7. The first kappa shape index (κ1) is 16.8. The van der Waals surface area contributed by atoms with Crippen LogP contribution in [0, 0.1) is 10.1 Å². The maximum atomic E-state index is 10.7. The number of anilines is 2. The molecule has 0 aromatic heterocycles. The van der Waals surface area contributed by atoms with Crippen LogP contribution in [-0.4, -0.2) is 11.1 Å². The Kier molecular flexibility index (Phi) is 4.53. The molecule has 0 amide bonds. The van der Waals surface area contributed by atoms with Gasteiger partial charge in [-0.25, -0.2) is 0 Å². The lowest BCUT2D eigenvalue weighted by Crippen LogP contribution is -2.14. The SMILES string of the molecule is O=[N+]([O-])c1ccc(NN=Cc2ccc(N3Cc4ccccc4C3)cc2)cc1. The number of rotatable bonds is 5. The van der Waals surface area contributed by atoms with Gasteiger partial charge in [-0.1, -0.05) is 36.4 Å². The molecule has 0 saturated carbocycles. The van der Waals surface area contributed by atoms with E-state index in [0.29, 0.717) is 5.69 Å². The Balaban J connectivity index is 1.37. The van der Waals surface area contributed by atoms with Crippen molar-refractivity contribution < 1.29 is 4.92 Å². The summed E-state index contributed by atoms with van der Waals surface area (Å²) in [6.07, 6.45) is 1.73. The molecule has 0 fully saturated rings. The number of hydrogen-bond acceptors (Lipinski definition) is 5. The average Bonchev–Trinajstić information content (AvgIpc) is 3.13. The van der Waals surface area contributed by atoms with Crippen LogP contribution in [0.15, 0.2) is 77.9 Å².